The SMILES string of the molecule is COC(=O)CN1C(=O)N[C@](C)(c2ccc(C)cc2)C1=O. The zero-order valence-electron chi connectivity index (χ0n) is 11.6. The van der Waals surface area contributed by atoms with E-state index in [1.54, 1.807) is 19.1 Å². The van der Waals surface area contributed by atoms with E-state index in [-0.39, 0.29) is 6.54 Å². The van der Waals surface area contributed by atoms with Gasteiger partial charge in [-0.25, -0.2) is 4.79 Å². The molecule has 0 spiro atoms. The van der Waals surface area contributed by atoms with Crippen molar-refractivity contribution in [1.29, 1.82) is 0 Å². The van der Waals surface area contributed by atoms with Crippen molar-refractivity contribution in [3.63, 3.8) is 0 Å². The second kappa shape index (κ2) is 4.96. The molecule has 2 rings (SSSR count). The molecule has 1 aliphatic rings. The molecule has 0 unspecified atom stereocenters. The predicted molar refractivity (Wildman–Crippen MR) is 70.8 cm³/mol. The van der Waals surface area contributed by atoms with Crippen LogP contribution in [0.1, 0.15) is 18.1 Å². The van der Waals surface area contributed by atoms with E-state index in [1.165, 1.54) is 7.11 Å². The van der Waals surface area contributed by atoms with Crippen LogP contribution in [0.3, 0.4) is 0 Å². The normalized spacial score (nSPS) is 21.9. The van der Waals surface area contributed by atoms with E-state index in [0.29, 0.717) is 5.56 Å². The number of nitrogens with one attached hydrogen (secondary N) is 1. The third kappa shape index (κ3) is 2.24. The molecule has 1 atom stereocenters. The van der Waals surface area contributed by atoms with Crippen LogP contribution in [0.15, 0.2) is 24.3 Å². The lowest BCUT2D eigenvalue weighted by atomic mass is 9.91. The number of imide groups is 1. The number of rotatable bonds is 3. The van der Waals surface area contributed by atoms with E-state index in [0.717, 1.165) is 10.5 Å². The fraction of sp³-hybridized carbons (Fsp3) is 0.357. The number of carbonyl (C=O) groups is 3. The highest BCUT2D eigenvalue weighted by atomic mass is 16.5. The van der Waals surface area contributed by atoms with E-state index >= 15 is 0 Å². The Hall–Kier alpha value is -2.37. The van der Waals surface area contributed by atoms with Crippen molar-refractivity contribution in [2.45, 2.75) is 19.4 Å². The van der Waals surface area contributed by atoms with Crippen LogP contribution in [0.4, 0.5) is 4.79 Å². The summed E-state index contributed by atoms with van der Waals surface area (Å²) in [5, 5.41) is 2.62. The van der Waals surface area contributed by atoms with Crippen molar-refractivity contribution in [1.82, 2.24) is 10.2 Å². The molecule has 1 fully saturated rings. The number of carbonyl (C=O) groups excluding carboxylic acids is 3. The second-order valence-corrected chi connectivity index (χ2v) is 4.89. The Labute approximate surface area is 116 Å². The number of esters is 1. The van der Waals surface area contributed by atoms with Gasteiger partial charge in [0.1, 0.15) is 12.1 Å². The summed E-state index contributed by atoms with van der Waals surface area (Å²) in [6.45, 7) is 3.17. The number of hydrogen-bond donors (Lipinski definition) is 1. The van der Waals surface area contributed by atoms with Gasteiger partial charge >= 0.3 is 12.0 Å². The molecule has 1 heterocycles. The highest BCUT2D eigenvalue weighted by Crippen LogP contribution is 2.28. The standard InChI is InChI=1S/C14H16N2O4/c1-9-4-6-10(7-5-9)14(2)12(18)16(13(19)15-14)8-11(17)20-3/h4-7H,8H2,1-3H3,(H,15,19)/t14-/m1/s1. The van der Waals surface area contributed by atoms with Gasteiger partial charge in [-0.2, -0.15) is 0 Å². The van der Waals surface area contributed by atoms with Crippen LogP contribution in [-0.2, 0) is 19.9 Å². The first kappa shape index (κ1) is 14.0. The summed E-state index contributed by atoms with van der Waals surface area (Å²) in [5.74, 6) is -1.10. The number of nitrogens with zero attached hydrogens (tertiary/aromatic N) is 1. The maximum atomic E-state index is 12.4. The molecule has 0 aromatic heterocycles. The predicted octanol–water partition coefficient (Wildman–Crippen LogP) is 0.935. The fourth-order valence-electron chi connectivity index (χ4n) is 2.12. The van der Waals surface area contributed by atoms with Gasteiger partial charge in [0.2, 0.25) is 0 Å². The van der Waals surface area contributed by atoms with E-state index in [2.05, 4.69) is 10.1 Å². The zero-order valence-corrected chi connectivity index (χ0v) is 11.6. The first-order valence-corrected chi connectivity index (χ1v) is 6.16. The van der Waals surface area contributed by atoms with Gasteiger partial charge in [0, 0.05) is 0 Å². The Morgan fingerprint density at radius 1 is 1.30 bits per heavy atom. The van der Waals surface area contributed by atoms with Gasteiger partial charge in [-0.1, -0.05) is 29.8 Å². The minimum Gasteiger partial charge on any atom is -0.468 e. The first-order valence-electron chi connectivity index (χ1n) is 6.16. The number of urea groups is 1. The van der Waals surface area contributed by atoms with Crippen molar-refractivity contribution in [3.05, 3.63) is 35.4 Å². The average molecular weight is 276 g/mol. The van der Waals surface area contributed by atoms with Gasteiger partial charge in [-0.05, 0) is 19.4 Å². The Kier molecular flexibility index (Phi) is 3.48. The summed E-state index contributed by atoms with van der Waals surface area (Å²) in [6, 6.07) is 6.71. The first-order chi connectivity index (χ1) is 9.38. The van der Waals surface area contributed by atoms with E-state index in [4.69, 9.17) is 0 Å². The van der Waals surface area contributed by atoms with Crippen LogP contribution in [0.5, 0.6) is 0 Å². The number of aryl methyl sites for hydroxylation is 1. The van der Waals surface area contributed by atoms with Crippen LogP contribution in [-0.4, -0.2) is 36.5 Å². The van der Waals surface area contributed by atoms with Gasteiger partial charge < -0.3 is 10.1 Å². The molecule has 1 saturated heterocycles. The lowest BCUT2D eigenvalue weighted by Gasteiger charge is -2.22. The van der Waals surface area contributed by atoms with E-state index in [9.17, 15) is 14.4 Å². The Morgan fingerprint density at radius 2 is 1.90 bits per heavy atom. The van der Waals surface area contributed by atoms with Crippen molar-refractivity contribution >= 4 is 17.9 Å². The summed E-state index contributed by atoms with van der Waals surface area (Å²) < 4.78 is 4.49. The number of ether oxygens (including phenoxy) is 1. The van der Waals surface area contributed by atoms with Crippen LogP contribution < -0.4 is 5.32 Å². The molecule has 0 aliphatic carbocycles. The molecule has 0 saturated carbocycles. The Morgan fingerprint density at radius 3 is 2.45 bits per heavy atom. The summed E-state index contributed by atoms with van der Waals surface area (Å²) in [7, 11) is 1.21. The maximum Gasteiger partial charge on any atom is 0.325 e. The van der Waals surface area contributed by atoms with Gasteiger partial charge in [0.25, 0.3) is 5.91 Å². The van der Waals surface area contributed by atoms with Gasteiger partial charge in [-0.3, -0.25) is 14.5 Å². The molecule has 3 amide bonds. The average Bonchev–Trinajstić information content (AvgIpc) is 2.64. The summed E-state index contributed by atoms with van der Waals surface area (Å²) in [6.07, 6.45) is 0. The van der Waals surface area contributed by atoms with E-state index < -0.39 is 23.4 Å². The highest BCUT2D eigenvalue weighted by Gasteiger charge is 2.49. The van der Waals surface area contributed by atoms with E-state index in [1.807, 2.05) is 19.1 Å². The maximum absolute atomic E-state index is 12.4. The third-order valence-corrected chi connectivity index (χ3v) is 3.42. The topological polar surface area (TPSA) is 75.7 Å². The van der Waals surface area contributed by atoms with Gasteiger partial charge in [-0.15, -0.1) is 0 Å². The molecular weight excluding hydrogens is 260 g/mol. The number of methoxy groups -OCH3 is 1. The lowest BCUT2D eigenvalue weighted by molar-refractivity contribution is -0.145. The number of amides is 3. The molecule has 20 heavy (non-hydrogen) atoms. The highest BCUT2D eigenvalue weighted by molar-refractivity contribution is 6.08. The minimum absolute atomic E-state index is 0.386. The molecule has 1 aromatic rings. The van der Waals surface area contributed by atoms with Crippen molar-refractivity contribution in [2.75, 3.05) is 13.7 Å². The fourth-order valence-corrected chi connectivity index (χ4v) is 2.12. The second-order valence-electron chi connectivity index (χ2n) is 4.89. The molecule has 0 radical (unpaired) electrons. The quantitative estimate of drug-likeness (QED) is 0.658. The monoisotopic (exact) mass is 276 g/mol. The van der Waals surface area contributed by atoms with Crippen LogP contribution in [0.25, 0.3) is 0 Å². The smallest absolute Gasteiger partial charge is 0.325 e. The minimum atomic E-state index is -1.15. The lowest BCUT2D eigenvalue weighted by Crippen LogP contribution is -2.41. The Bertz CT molecular complexity index is 567. The summed E-state index contributed by atoms with van der Waals surface area (Å²) in [4.78, 5) is 36.4. The van der Waals surface area contributed by atoms with Crippen LogP contribution in [0, 0.1) is 6.92 Å². The summed E-state index contributed by atoms with van der Waals surface area (Å²) >= 11 is 0. The molecule has 1 aliphatic heterocycles. The van der Waals surface area contributed by atoms with Crippen molar-refractivity contribution in [3.8, 4) is 0 Å². The molecule has 6 nitrogen and oxygen atoms in total. The largest absolute Gasteiger partial charge is 0.468 e. The molecule has 6 heteroatoms. The van der Waals surface area contributed by atoms with Gasteiger partial charge in [0.05, 0.1) is 7.11 Å². The van der Waals surface area contributed by atoms with Crippen LogP contribution >= 0.6 is 0 Å². The summed E-state index contributed by atoms with van der Waals surface area (Å²) in [5.41, 5.74) is 0.577. The third-order valence-electron chi connectivity index (χ3n) is 3.42. The molecule has 1 N–H and O–H groups in total. The molecule has 106 valence electrons. The van der Waals surface area contributed by atoms with Crippen molar-refractivity contribution < 1.29 is 19.1 Å². The molecule has 1 aromatic carbocycles. The number of hydrogen-bond acceptors (Lipinski definition) is 4. The number of benzene rings is 1. The zero-order chi connectivity index (χ0) is 14.9. The van der Waals surface area contributed by atoms with Crippen LogP contribution in [0.2, 0.25) is 0 Å². The van der Waals surface area contributed by atoms with Gasteiger partial charge in [0.15, 0.2) is 0 Å². The molecule has 0 bridgehead atoms. The molecular formula is C14H16N2O4. The van der Waals surface area contributed by atoms with Crippen molar-refractivity contribution in [2.24, 2.45) is 0 Å². The Balaban J connectivity index is 2.30.